The highest BCUT2D eigenvalue weighted by atomic mass is 16.2. The van der Waals surface area contributed by atoms with Gasteiger partial charge in [0.25, 0.3) is 5.91 Å². The molecule has 0 bridgehead atoms. The fourth-order valence-electron chi connectivity index (χ4n) is 3.43. The van der Waals surface area contributed by atoms with Crippen LogP contribution in [-0.2, 0) is 14.4 Å². The molecule has 2 atom stereocenters. The Kier molecular flexibility index (Phi) is 6.46. The van der Waals surface area contributed by atoms with Crippen LogP contribution in [0.5, 0.6) is 0 Å². The number of imide groups is 1. The maximum absolute atomic E-state index is 12.8. The van der Waals surface area contributed by atoms with Crippen LogP contribution in [0, 0.1) is 11.8 Å². The molecule has 2 aliphatic heterocycles. The van der Waals surface area contributed by atoms with Crippen LogP contribution in [0.1, 0.15) is 34.1 Å². The van der Waals surface area contributed by atoms with Crippen LogP contribution in [-0.4, -0.2) is 78.4 Å². The first-order chi connectivity index (χ1) is 12.6. The molecular weight excluding hydrogens is 350 g/mol. The van der Waals surface area contributed by atoms with Crippen molar-refractivity contribution in [3.63, 3.8) is 0 Å². The second kappa shape index (κ2) is 8.24. The number of nitrogens with one attached hydrogen (secondary N) is 3. The lowest BCUT2D eigenvalue weighted by Crippen LogP contribution is -2.51. The molecule has 0 aromatic rings. The van der Waals surface area contributed by atoms with Crippen LogP contribution in [0.15, 0.2) is 0 Å². The predicted octanol–water partition coefficient (Wildman–Crippen LogP) is -0.474. The molecule has 2 heterocycles. The van der Waals surface area contributed by atoms with Crippen molar-refractivity contribution in [1.82, 2.24) is 25.8 Å². The molecule has 5 amide bonds. The van der Waals surface area contributed by atoms with Crippen molar-refractivity contribution in [3.8, 4) is 0 Å². The van der Waals surface area contributed by atoms with Gasteiger partial charge in [-0.25, -0.2) is 4.79 Å². The van der Waals surface area contributed by atoms with Gasteiger partial charge < -0.3 is 20.4 Å². The van der Waals surface area contributed by atoms with E-state index in [1.165, 1.54) is 16.8 Å². The monoisotopic (exact) mass is 381 g/mol. The Bertz CT molecular complexity index is 621. The molecule has 0 unspecified atom stereocenters. The standard InChI is InChI=1S/C18H31N5O4/c1-11(2)7-19-9-14(24)23-10-18(16(26)21-17(27)22(18)5)6-13(23)15(25)20-8-12(3)4/h11-13,19H,6-10H2,1-5H3,(H,20,25)(H,21,26,27)/t13-,18-/m0/s1. The van der Waals surface area contributed by atoms with Crippen molar-refractivity contribution >= 4 is 23.8 Å². The topological polar surface area (TPSA) is 111 Å². The normalized spacial score (nSPS) is 25.1. The quantitative estimate of drug-likeness (QED) is 0.516. The lowest BCUT2D eigenvalue weighted by Gasteiger charge is -2.28. The SMILES string of the molecule is CC(C)CNCC(=O)N1C[C@@]2(C[C@H]1C(=O)NCC(C)C)C(=O)NC(=O)N2C. The first-order valence-corrected chi connectivity index (χ1v) is 9.45. The van der Waals surface area contributed by atoms with E-state index in [-0.39, 0.29) is 37.2 Å². The molecule has 1 spiro atoms. The van der Waals surface area contributed by atoms with Gasteiger partial charge in [-0.1, -0.05) is 27.7 Å². The molecule has 2 rings (SSSR count). The Morgan fingerprint density at radius 2 is 1.81 bits per heavy atom. The number of nitrogens with zero attached hydrogens (tertiary/aromatic N) is 2. The van der Waals surface area contributed by atoms with Crippen molar-refractivity contribution in [3.05, 3.63) is 0 Å². The second-order valence-corrected chi connectivity index (χ2v) is 8.26. The molecule has 9 nitrogen and oxygen atoms in total. The van der Waals surface area contributed by atoms with E-state index in [0.29, 0.717) is 19.0 Å². The summed E-state index contributed by atoms with van der Waals surface area (Å²) in [6.07, 6.45) is 0.0981. The third kappa shape index (κ3) is 4.40. The van der Waals surface area contributed by atoms with E-state index in [4.69, 9.17) is 0 Å². The van der Waals surface area contributed by atoms with Crippen molar-refractivity contribution in [2.24, 2.45) is 11.8 Å². The van der Waals surface area contributed by atoms with E-state index in [1.807, 2.05) is 27.7 Å². The van der Waals surface area contributed by atoms with Gasteiger partial charge in [0.2, 0.25) is 11.8 Å². The highest BCUT2D eigenvalue weighted by Gasteiger charge is 2.60. The average Bonchev–Trinajstić information content (AvgIpc) is 3.08. The molecule has 3 N–H and O–H groups in total. The minimum absolute atomic E-state index is 0.0169. The summed E-state index contributed by atoms with van der Waals surface area (Å²) in [5.74, 6) is -0.351. The smallest absolute Gasteiger partial charge is 0.324 e. The van der Waals surface area contributed by atoms with Gasteiger partial charge >= 0.3 is 6.03 Å². The van der Waals surface area contributed by atoms with Crippen LogP contribution >= 0.6 is 0 Å². The van der Waals surface area contributed by atoms with E-state index < -0.39 is 23.5 Å². The molecule has 2 fully saturated rings. The minimum Gasteiger partial charge on any atom is -0.354 e. The molecule has 2 aliphatic rings. The van der Waals surface area contributed by atoms with Gasteiger partial charge in [0.1, 0.15) is 11.6 Å². The predicted molar refractivity (Wildman–Crippen MR) is 99.7 cm³/mol. The van der Waals surface area contributed by atoms with E-state index >= 15 is 0 Å². The van der Waals surface area contributed by atoms with E-state index in [9.17, 15) is 19.2 Å². The summed E-state index contributed by atoms with van der Waals surface area (Å²) in [5, 5.41) is 8.21. The summed E-state index contributed by atoms with van der Waals surface area (Å²) in [5.41, 5.74) is -1.19. The summed E-state index contributed by atoms with van der Waals surface area (Å²) < 4.78 is 0. The maximum Gasteiger partial charge on any atom is 0.324 e. The van der Waals surface area contributed by atoms with Gasteiger partial charge in [0, 0.05) is 20.0 Å². The highest BCUT2D eigenvalue weighted by molar-refractivity contribution is 6.08. The minimum atomic E-state index is -1.19. The Labute approximate surface area is 160 Å². The molecule has 0 aliphatic carbocycles. The highest BCUT2D eigenvalue weighted by Crippen LogP contribution is 2.35. The number of likely N-dealkylation sites (tertiary alicyclic amines) is 1. The molecule has 2 saturated heterocycles. The van der Waals surface area contributed by atoms with Crippen molar-refractivity contribution in [1.29, 1.82) is 0 Å². The Hall–Kier alpha value is -2.16. The lowest BCUT2D eigenvalue weighted by atomic mass is 9.94. The van der Waals surface area contributed by atoms with Crippen LogP contribution in [0.2, 0.25) is 0 Å². The zero-order valence-electron chi connectivity index (χ0n) is 16.8. The largest absolute Gasteiger partial charge is 0.354 e. The van der Waals surface area contributed by atoms with Gasteiger partial charge in [0.15, 0.2) is 0 Å². The van der Waals surface area contributed by atoms with Crippen LogP contribution in [0.25, 0.3) is 0 Å². The van der Waals surface area contributed by atoms with Gasteiger partial charge in [-0.05, 0) is 18.4 Å². The van der Waals surface area contributed by atoms with Crippen LogP contribution in [0.4, 0.5) is 4.79 Å². The van der Waals surface area contributed by atoms with Crippen LogP contribution < -0.4 is 16.0 Å². The zero-order valence-corrected chi connectivity index (χ0v) is 16.8. The molecule has 27 heavy (non-hydrogen) atoms. The number of rotatable bonds is 7. The average molecular weight is 381 g/mol. The Balaban J connectivity index is 2.19. The second-order valence-electron chi connectivity index (χ2n) is 8.26. The third-order valence-corrected chi connectivity index (χ3v) is 5.07. The summed E-state index contributed by atoms with van der Waals surface area (Å²) in [6, 6.07) is -1.29. The van der Waals surface area contributed by atoms with Gasteiger partial charge in [-0.15, -0.1) is 0 Å². The first kappa shape index (κ1) is 21.1. The fraction of sp³-hybridized carbons (Fsp3) is 0.778. The van der Waals surface area contributed by atoms with Crippen molar-refractivity contribution in [2.45, 2.75) is 45.7 Å². The van der Waals surface area contributed by atoms with Gasteiger partial charge in [-0.3, -0.25) is 19.7 Å². The number of hydrogen-bond donors (Lipinski definition) is 3. The van der Waals surface area contributed by atoms with E-state index in [1.54, 1.807) is 0 Å². The molecule has 0 aromatic carbocycles. The summed E-state index contributed by atoms with van der Waals surface area (Å²) in [7, 11) is 1.52. The van der Waals surface area contributed by atoms with E-state index in [0.717, 1.165) is 0 Å². The number of hydrogen-bond acceptors (Lipinski definition) is 5. The van der Waals surface area contributed by atoms with Crippen molar-refractivity contribution < 1.29 is 19.2 Å². The molecule has 9 heteroatoms. The zero-order chi connectivity index (χ0) is 20.4. The summed E-state index contributed by atoms with van der Waals surface area (Å²) in [6.45, 7) is 9.29. The van der Waals surface area contributed by atoms with Crippen molar-refractivity contribution in [2.75, 3.05) is 33.2 Å². The first-order valence-electron chi connectivity index (χ1n) is 9.45. The fourth-order valence-corrected chi connectivity index (χ4v) is 3.43. The molecule has 0 aromatic heterocycles. The van der Waals surface area contributed by atoms with E-state index in [2.05, 4.69) is 16.0 Å². The lowest BCUT2D eigenvalue weighted by molar-refractivity contribution is -0.138. The number of carbonyl (C=O) groups is 4. The number of amides is 5. The molecule has 152 valence electrons. The Morgan fingerprint density at radius 3 is 2.33 bits per heavy atom. The number of urea groups is 1. The summed E-state index contributed by atoms with van der Waals surface area (Å²) in [4.78, 5) is 52.6. The number of carbonyl (C=O) groups excluding carboxylic acids is 4. The van der Waals surface area contributed by atoms with Gasteiger partial charge in [0.05, 0.1) is 13.1 Å². The summed E-state index contributed by atoms with van der Waals surface area (Å²) >= 11 is 0. The molecule has 0 saturated carbocycles. The van der Waals surface area contributed by atoms with Gasteiger partial charge in [-0.2, -0.15) is 0 Å². The molecule has 0 radical (unpaired) electrons. The molecular formula is C18H31N5O4. The van der Waals surface area contributed by atoms with Crippen LogP contribution in [0.3, 0.4) is 0 Å². The Morgan fingerprint density at radius 1 is 1.19 bits per heavy atom. The number of likely N-dealkylation sites (N-methyl/N-ethyl adjacent to an activating group) is 1. The third-order valence-electron chi connectivity index (χ3n) is 5.07. The maximum atomic E-state index is 12.8.